The SMILES string of the molecule is Cc1cc(CO[Si](C)(C)C(C)(C)C)nc(C(F)(F)F)c1. The van der Waals surface area contributed by atoms with Crippen molar-refractivity contribution in [1.82, 2.24) is 4.98 Å². The number of aromatic nitrogens is 1. The summed E-state index contributed by atoms with van der Waals surface area (Å²) in [5, 5.41) is 0.0175. The van der Waals surface area contributed by atoms with E-state index in [9.17, 15) is 13.2 Å². The van der Waals surface area contributed by atoms with Crippen LogP contribution in [-0.4, -0.2) is 13.3 Å². The molecule has 1 rings (SSSR count). The molecule has 0 fully saturated rings. The van der Waals surface area contributed by atoms with Gasteiger partial charge < -0.3 is 4.43 Å². The summed E-state index contributed by atoms with van der Waals surface area (Å²) in [6.45, 7) is 12.1. The normalized spacial score (nSPS) is 13.7. The third kappa shape index (κ3) is 4.31. The second-order valence-corrected chi connectivity index (χ2v) is 11.4. The van der Waals surface area contributed by atoms with E-state index in [1.807, 2.05) is 0 Å². The standard InChI is InChI=1S/C14H22F3NOSi/c1-10-7-11(18-12(8-10)14(15,16)17)9-19-20(5,6)13(2,3)4/h7-8H,9H2,1-6H3. The molecule has 0 aliphatic heterocycles. The number of pyridine rings is 1. The van der Waals surface area contributed by atoms with Gasteiger partial charge in [-0.2, -0.15) is 13.2 Å². The van der Waals surface area contributed by atoms with Crippen LogP contribution in [0.15, 0.2) is 12.1 Å². The summed E-state index contributed by atoms with van der Waals surface area (Å²) < 4.78 is 44.1. The summed E-state index contributed by atoms with van der Waals surface area (Å²) in [5.74, 6) is 0. The molecule has 0 aromatic carbocycles. The number of hydrogen-bond acceptors (Lipinski definition) is 2. The second kappa shape index (κ2) is 5.48. The van der Waals surface area contributed by atoms with E-state index < -0.39 is 20.2 Å². The molecule has 0 saturated carbocycles. The minimum Gasteiger partial charge on any atom is -0.411 e. The average molecular weight is 305 g/mol. The van der Waals surface area contributed by atoms with Crippen LogP contribution >= 0.6 is 0 Å². The topological polar surface area (TPSA) is 22.1 Å². The Morgan fingerprint density at radius 2 is 1.70 bits per heavy atom. The van der Waals surface area contributed by atoms with Crippen LogP contribution in [0.3, 0.4) is 0 Å². The molecule has 2 nitrogen and oxygen atoms in total. The first-order chi connectivity index (χ1) is 8.83. The van der Waals surface area contributed by atoms with E-state index in [1.54, 1.807) is 13.0 Å². The Balaban J connectivity index is 2.92. The molecule has 0 amide bonds. The molecule has 1 heterocycles. The van der Waals surface area contributed by atoms with Crippen molar-refractivity contribution in [2.45, 2.75) is 58.6 Å². The first-order valence-electron chi connectivity index (χ1n) is 6.52. The maximum absolute atomic E-state index is 12.7. The molecular weight excluding hydrogens is 283 g/mol. The molecule has 0 atom stereocenters. The number of rotatable bonds is 3. The molecule has 0 bridgehead atoms. The molecule has 0 aliphatic rings. The lowest BCUT2D eigenvalue weighted by Gasteiger charge is -2.36. The molecule has 1 aromatic heterocycles. The summed E-state index contributed by atoms with van der Waals surface area (Å²) in [7, 11) is -1.99. The summed E-state index contributed by atoms with van der Waals surface area (Å²) in [6.07, 6.45) is -4.42. The van der Waals surface area contributed by atoms with Gasteiger partial charge in [-0.25, -0.2) is 4.98 Å². The van der Waals surface area contributed by atoms with Crippen molar-refractivity contribution in [3.63, 3.8) is 0 Å². The lowest BCUT2D eigenvalue weighted by Crippen LogP contribution is -2.40. The van der Waals surface area contributed by atoms with Crippen LogP contribution in [0.25, 0.3) is 0 Å². The van der Waals surface area contributed by atoms with Gasteiger partial charge in [0.25, 0.3) is 0 Å². The van der Waals surface area contributed by atoms with Gasteiger partial charge in [0, 0.05) is 0 Å². The Morgan fingerprint density at radius 3 is 2.15 bits per heavy atom. The molecule has 0 radical (unpaired) electrons. The molecule has 6 heteroatoms. The number of aryl methyl sites for hydroxylation is 1. The fraction of sp³-hybridized carbons (Fsp3) is 0.643. The smallest absolute Gasteiger partial charge is 0.411 e. The fourth-order valence-corrected chi connectivity index (χ4v) is 2.37. The van der Waals surface area contributed by atoms with Crippen LogP contribution in [0.1, 0.15) is 37.7 Å². The van der Waals surface area contributed by atoms with Gasteiger partial charge >= 0.3 is 6.18 Å². The summed E-state index contributed by atoms with van der Waals surface area (Å²) in [6, 6.07) is 2.69. The highest BCUT2D eigenvalue weighted by atomic mass is 28.4. The zero-order chi connectivity index (χ0) is 15.8. The van der Waals surface area contributed by atoms with Gasteiger partial charge in [0.05, 0.1) is 12.3 Å². The number of alkyl halides is 3. The lowest BCUT2D eigenvalue weighted by atomic mass is 10.2. The Bertz CT molecular complexity index is 478. The van der Waals surface area contributed by atoms with E-state index in [2.05, 4.69) is 38.8 Å². The van der Waals surface area contributed by atoms with Crippen molar-refractivity contribution < 1.29 is 17.6 Å². The Labute approximate surface area is 119 Å². The Hall–Kier alpha value is -0.883. The van der Waals surface area contributed by atoms with Crippen molar-refractivity contribution in [3.05, 3.63) is 29.1 Å². The average Bonchev–Trinajstić information content (AvgIpc) is 2.23. The van der Waals surface area contributed by atoms with E-state index in [0.29, 0.717) is 11.3 Å². The highest BCUT2D eigenvalue weighted by Crippen LogP contribution is 2.37. The van der Waals surface area contributed by atoms with E-state index in [4.69, 9.17) is 4.43 Å². The van der Waals surface area contributed by atoms with Crippen molar-refractivity contribution >= 4 is 8.32 Å². The highest BCUT2D eigenvalue weighted by molar-refractivity contribution is 6.74. The quantitative estimate of drug-likeness (QED) is 0.739. The predicted molar refractivity (Wildman–Crippen MR) is 76.0 cm³/mol. The third-order valence-corrected chi connectivity index (χ3v) is 8.18. The maximum Gasteiger partial charge on any atom is 0.433 e. The number of hydrogen-bond donors (Lipinski definition) is 0. The van der Waals surface area contributed by atoms with E-state index in [0.717, 1.165) is 6.07 Å². The first kappa shape index (κ1) is 17.2. The van der Waals surface area contributed by atoms with Gasteiger partial charge in [-0.05, 0) is 42.8 Å². The van der Waals surface area contributed by atoms with Crippen molar-refractivity contribution in [2.24, 2.45) is 0 Å². The second-order valence-electron chi connectivity index (χ2n) is 6.57. The van der Waals surface area contributed by atoms with Gasteiger partial charge in [-0.1, -0.05) is 20.8 Å². The number of nitrogens with zero attached hydrogens (tertiary/aromatic N) is 1. The summed E-state index contributed by atoms with van der Waals surface area (Å²) >= 11 is 0. The van der Waals surface area contributed by atoms with Crippen LogP contribution in [-0.2, 0) is 17.2 Å². The van der Waals surface area contributed by atoms with Gasteiger partial charge in [-0.3, -0.25) is 0 Å². The predicted octanol–water partition coefficient (Wildman–Crippen LogP) is 4.93. The van der Waals surface area contributed by atoms with Gasteiger partial charge in [-0.15, -0.1) is 0 Å². The van der Waals surface area contributed by atoms with Crippen LogP contribution in [0.5, 0.6) is 0 Å². The zero-order valence-electron chi connectivity index (χ0n) is 12.9. The Kier molecular flexibility index (Phi) is 4.71. The molecule has 0 saturated heterocycles. The zero-order valence-corrected chi connectivity index (χ0v) is 13.9. The maximum atomic E-state index is 12.7. The molecular formula is C14H22F3NOSi. The molecule has 0 unspecified atom stereocenters. The number of halogens is 3. The van der Waals surface area contributed by atoms with Crippen LogP contribution in [0.2, 0.25) is 18.1 Å². The first-order valence-corrected chi connectivity index (χ1v) is 9.42. The molecule has 1 aromatic rings. The summed E-state index contributed by atoms with van der Waals surface area (Å²) in [4.78, 5) is 3.66. The Morgan fingerprint density at radius 1 is 1.15 bits per heavy atom. The van der Waals surface area contributed by atoms with Crippen LogP contribution < -0.4 is 0 Å². The van der Waals surface area contributed by atoms with Crippen LogP contribution in [0.4, 0.5) is 13.2 Å². The van der Waals surface area contributed by atoms with Crippen LogP contribution in [0, 0.1) is 6.92 Å². The van der Waals surface area contributed by atoms with Gasteiger partial charge in [0.15, 0.2) is 8.32 Å². The monoisotopic (exact) mass is 305 g/mol. The van der Waals surface area contributed by atoms with E-state index >= 15 is 0 Å². The van der Waals surface area contributed by atoms with E-state index in [-0.39, 0.29) is 11.6 Å². The fourth-order valence-electron chi connectivity index (χ4n) is 1.43. The molecule has 0 aliphatic carbocycles. The largest absolute Gasteiger partial charge is 0.433 e. The highest BCUT2D eigenvalue weighted by Gasteiger charge is 2.37. The summed E-state index contributed by atoms with van der Waals surface area (Å²) in [5.41, 5.74) is 0.0228. The minimum atomic E-state index is -4.42. The van der Waals surface area contributed by atoms with Crippen molar-refractivity contribution in [3.8, 4) is 0 Å². The minimum absolute atomic E-state index is 0.0175. The van der Waals surface area contributed by atoms with Gasteiger partial charge in [0.1, 0.15) is 5.69 Å². The molecule has 0 N–H and O–H groups in total. The van der Waals surface area contributed by atoms with Gasteiger partial charge in [0.2, 0.25) is 0 Å². The van der Waals surface area contributed by atoms with Crippen molar-refractivity contribution in [1.29, 1.82) is 0 Å². The van der Waals surface area contributed by atoms with Crippen molar-refractivity contribution in [2.75, 3.05) is 0 Å². The third-order valence-electron chi connectivity index (χ3n) is 3.70. The van der Waals surface area contributed by atoms with E-state index in [1.165, 1.54) is 0 Å². The molecule has 0 spiro atoms. The molecule has 114 valence electrons. The molecule has 20 heavy (non-hydrogen) atoms. The lowest BCUT2D eigenvalue weighted by molar-refractivity contribution is -0.141.